The van der Waals surface area contributed by atoms with E-state index in [0.29, 0.717) is 5.56 Å². The Hall–Kier alpha value is -3.68. The van der Waals surface area contributed by atoms with Crippen LogP contribution in [0.5, 0.6) is 5.75 Å². The molecule has 0 saturated carbocycles. The maximum atomic E-state index is 12.7. The summed E-state index contributed by atoms with van der Waals surface area (Å²) in [6.07, 6.45) is 1.32. The molecule has 0 atom stereocenters. The van der Waals surface area contributed by atoms with E-state index in [1.807, 2.05) is 31.2 Å². The number of hydrogen-bond donors (Lipinski definition) is 1. The number of benzene rings is 4. The van der Waals surface area contributed by atoms with E-state index in [1.165, 1.54) is 18.3 Å². The van der Waals surface area contributed by atoms with E-state index in [4.69, 9.17) is 16.3 Å². The minimum Gasteiger partial charge on any atom is -0.422 e. The molecular weight excluding hydrogens is 460 g/mol. The van der Waals surface area contributed by atoms with Crippen LogP contribution in [-0.2, 0) is 10.0 Å². The molecular formula is C25H19ClN2O4S. The topological polar surface area (TPSA) is 84.8 Å². The second-order valence-corrected chi connectivity index (χ2v) is 9.30. The molecule has 0 aliphatic heterocycles. The maximum absolute atomic E-state index is 12.7. The minimum absolute atomic E-state index is 0.0912. The summed E-state index contributed by atoms with van der Waals surface area (Å²) in [4.78, 5) is 15.0. The van der Waals surface area contributed by atoms with Crippen LogP contribution in [0.1, 0.15) is 21.5 Å². The first kappa shape index (κ1) is 22.5. The number of carbonyl (C=O) groups excluding carboxylic acids is 1. The fraction of sp³-hybridized carbons (Fsp3) is 0.0400. The first-order valence-corrected chi connectivity index (χ1v) is 11.8. The Balaban J connectivity index is 1.67. The number of sulfonamides is 1. The van der Waals surface area contributed by atoms with Crippen molar-refractivity contribution in [3.63, 3.8) is 0 Å². The molecule has 4 rings (SSSR count). The number of aryl methyl sites for hydroxylation is 1. The van der Waals surface area contributed by atoms with Gasteiger partial charge in [0.15, 0.2) is 0 Å². The summed E-state index contributed by atoms with van der Waals surface area (Å²) in [6, 6.07) is 23.8. The number of rotatable bonds is 6. The molecule has 1 N–H and O–H groups in total. The van der Waals surface area contributed by atoms with E-state index in [9.17, 15) is 13.2 Å². The Kier molecular flexibility index (Phi) is 6.44. The van der Waals surface area contributed by atoms with E-state index in [0.717, 1.165) is 16.3 Å². The van der Waals surface area contributed by atoms with Crippen LogP contribution >= 0.6 is 11.6 Å². The van der Waals surface area contributed by atoms with Gasteiger partial charge in [0.1, 0.15) is 5.75 Å². The molecule has 0 aliphatic rings. The average Bonchev–Trinajstić information content (AvgIpc) is 2.80. The highest BCUT2D eigenvalue weighted by Crippen LogP contribution is 2.28. The van der Waals surface area contributed by atoms with E-state index in [1.54, 1.807) is 48.5 Å². The van der Waals surface area contributed by atoms with Gasteiger partial charge in [-0.1, -0.05) is 71.8 Å². The number of hydrogen-bond acceptors (Lipinski definition) is 5. The molecule has 0 fully saturated rings. The van der Waals surface area contributed by atoms with Crippen LogP contribution in [0, 0.1) is 6.92 Å². The fourth-order valence-electron chi connectivity index (χ4n) is 3.21. The highest BCUT2D eigenvalue weighted by Gasteiger charge is 2.16. The number of esters is 1. The maximum Gasteiger partial charge on any atom is 0.345 e. The van der Waals surface area contributed by atoms with Gasteiger partial charge in [0.25, 0.3) is 10.0 Å². The number of nitrogens with zero attached hydrogens (tertiary/aromatic N) is 1. The smallest absolute Gasteiger partial charge is 0.345 e. The number of ether oxygens (including phenoxy) is 1. The first-order chi connectivity index (χ1) is 15.8. The molecule has 0 amide bonds. The molecule has 0 radical (unpaired) electrons. The second kappa shape index (κ2) is 9.44. The quantitative estimate of drug-likeness (QED) is 0.175. The van der Waals surface area contributed by atoms with Gasteiger partial charge in [0.05, 0.1) is 21.7 Å². The number of carbonyl (C=O) groups is 1. The van der Waals surface area contributed by atoms with Gasteiger partial charge in [0, 0.05) is 5.56 Å². The van der Waals surface area contributed by atoms with Crippen LogP contribution in [-0.4, -0.2) is 20.6 Å². The molecule has 0 saturated heterocycles. The Labute approximate surface area is 196 Å². The van der Waals surface area contributed by atoms with Gasteiger partial charge < -0.3 is 4.74 Å². The number of halogens is 1. The summed E-state index contributed by atoms with van der Waals surface area (Å²) in [7, 11) is -3.86. The Morgan fingerprint density at radius 3 is 2.39 bits per heavy atom. The molecule has 4 aromatic rings. The molecule has 166 valence electrons. The van der Waals surface area contributed by atoms with Crippen LogP contribution in [0.3, 0.4) is 0 Å². The van der Waals surface area contributed by atoms with E-state index in [-0.39, 0.29) is 21.2 Å². The lowest BCUT2D eigenvalue weighted by atomic mass is 10.0. The lowest BCUT2D eigenvalue weighted by Gasteiger charge is -2.11. The normalized spacial score (nSPS) is 11.6. The summed E-state index contributed by atoms with van der Waals surface area (Å²) in [6.45, 7) is 1.87. The van der Waals surface area contributed by atoms with Crippen LogP contribution in [0.15, 0.2) is 94.9 Å². The zero-order chi connectivity index (χ0) is 23.4. The molecule has 0 spiro atoms. The third-order valence-corrected chi connectivity index (χ3v) is 6.49. The number of nitrogens with one attached hydrogen (secondary N) is 1. The van der Waals surface area contributed by atoms with E-state index >= 15 is 0 Å². The SMILES string of the molecule is Cc1ccc(S(=O)(=O)N/N=C/c2c(OC(=O)c3ccccc3Cl)ccc3ccccc23)cc1. The Morgan fingerprint density at radius 2 is 1.64 bits per heavy atom. The number of hydrazone groups is 1. The summed E-state index contributed by atoms with van der Waals surface area (Å²) in [5, 5.41) is 5.82. The zero-order valence-electron chi connectivity index (χ0n) is 17.5. The van der Waals surface area contributed by atoms with Crippen LogP contribution in [0.25, 0.3) is 10.8 Å². The molecule has 6 nitrogen and oxygen atoms in total. The van der Waals surface area contributed by atoms with Gasteiger partial charge in [0.2, 0.25) is 0 Å². The van der Waals surface area contributed by atoms with Crippen molar-refractivity contribution in [2.45, 2.75) is 11.8 Å². The van der Waals surface area contributed by atoms with Gasteiger partial charge in [-0.05, 0) is 48.0 Å². The minimum atomic E-state index is -3.86. The lowest BCUT2D eigenvalue weighted by Crippen LogP contribution is -2.18. The van der Waals surface area contributed by atoms with Crippen molar-refractivity contribution in [1.29, 1.82) is 0 Å². The predicted octanol–water partition coefficient (Wildman–Crippen LogP) is 5.33. The lowest BCUT2D eigenvalue weighted by molar-refractivity contribution is 0.0735. The second-order valence-electron chi connectivity index (χ2n) is 7.23. The van der Waals surface area contributed by atoms with Crippen molar-refractivity contribution < 1.29 is 17.9 Å². The van der Waals surface area contributed by atoms with Crippen molar-refractivity contribution in [3.05, 3.63) is 107 Å². The average molecular weight is 479 g/mol. The van der Waals surface area contributed by atoms with Crippen molar-refractivity contribution in [2.24, 2.45) is 5.10 Å². The van der Waals surface area contributed by atoms with Gasteiger partial charge in [-0.15, -0.1) is 0 Å². The summed E-state index contributed by atoms with van der Waals surface area (Å²) in [5.74, 6) is -0.414. The van der Waals surface area contributed by atoms with Crippen LogP contribution < -0.4 is 9.57 Å². The molecule has 4 aromatic carbocycles. The summed E-state index contributed by atoms with van der Waals surface area (Å²) in [5.41, 5.74) is 1.61. The van der Waals surface area contributed by atoms with E-state index < -0.39 is 16.0 Å². The Morgan fingerprint density at radius 1 is 0.939 bits per heavy atom. The third kappa shape index (κ3) is 5.05. The molecule has 0 unspecified atom stereocenters. The number of fused-ring (bicyclic) bond motifs is 1. The molecule has 33 heavy (non-hydrogen) atoms. The first-order valence-electron chi connectivity index (χ1n) is 9.95. The van der Waals surface area contributed by atoms with Gasteiger partial charge in [-0.25, -0.2) is 9.63 Å². The van der Waals surface area contributed by atoms with Gasteiger partial charge >= 0.3 is 5.97 Å². The molecule has 0 aliphatic carbocycles. The highest BCUT2D eigenvalue weighted by molar-refractivity contribution is 7.89. The van der Waals surface area contributed by atoms with Crippen molar-refractivity contribution in [2.75, 3.05) is 0 Å². The van der Waals surface area contributed by atoms with Crippen molar-refractivity contribution in [3.8, 4) is 5.75 Å². The Bertz CT molecular complexity index is 1470. The summed E-state index contributed by atoms with van der Waals surface area (Å²) < 4.78 is 30.7. The van der Waals surface area contributed by atoms with Crippen molar-refractivity contribution >= 4 is 44.6 Å². The standard InChI is InChI=1S/C25H19ClN2O4S/c1-17-10-13-19(14-11-17)33(30,31)28-27-16-22-20-7-3-2-6-18(20)12-15-24(22)32-25(29)21-8-4-5-9-23(21)26/h2-16,28H,1H3/b27-16+. The fourth-order valence-corrected chi connectivity index (χ4v) is 4.21. The van der Waals surface area contributed by atoms with E-state index in [2.05, 4.69) is 9.93 Å². The van der Waals surface area contributed by atoms with Gasteiger partial charge in [-0.3, -0.25) is 0 Å². The van der Waals surface area contributed by atoms with Gasteiger partial charge in [-0.2, -0.15) is 13.5 Å². The summed E-state index contributed by atoms with van der Waals surface area (Å²) >= 11 is 6.12. The monoisotopic (exact) mass is 478 g/mol. The molecule has 0 bridgehead atoms. The largest absolute Gasteiger partial charge is 0.422 e. The third-order valence-electron chi connectivity index (χ3n) is 4.92. The van der Waals surface area contributed by atoms with Crippen molar-refractivity contribution in [1.82, 2.24) is 4.83 Å². The van der Waals surface area contributed by atoms with Crippen LogP contribution in [0.4, 0.5) is 0 Å². The molecule has 0 aromatic heterocycles. The van der Waals surface area contributed by atoms with Crippen LogP contribution in [0.2, 0.25) is 5.02 Å². The zero-order valence-corrected chi connectivity index (χ0v) is 19.1. The molecule has 0 heterocycles. The molecule has 8 heteroatoms. The highest BCUT2D eigenvalue weighted by atomic mass is 35.5. The predicted molar refractivity (Wildman–Crippen MR) is 129 cm³/mol.